The van der Waals surface area contributed by atoms with Gasteiger partial charge in [0.2, 0.25) is 0 Å². The van der Waals surface area contributed by atoms with Gasteiger partial charge in [-0.2, -0.15) is 0 Å². The van der Waals surface area contributed by atoms with Crippen LogP contribution >= 0.6 is 0 Å². The first-order valence-electron chi connectivity index (χ1n) is 5.18. The van der Waals surface area contributed by atoms with E-state index in [1.807, 2.05) is 0 Å². The van der Waals surface area contributed by atoms with Crippen LogP contribution in [0.5, 0.6) is 5.75 Å². The number of halogens is 2. The van der Waals surface area contributed by atoms with Gasteiger partial charge in [-0.1, -0.05) is 0 Å². The molecule has 1 aromatic carbocycles. The molecular weight excluding hydrogens is 256 g/mol. The van der Waals surface area contributed by atoms with Gasteiger partial charge in [0, 0.05) is 6.20 Å². The summed E-state index contributed by atoms with van der Waals surface area (Å²) in [5.74, 6) is -3.60. The summed E-state index contributed by atoms with van der Waals surface area (Å²) in [6.45, 7) is 0. The van der Waals surface area contributed by atoms with Crippen LogP contribution in [0.1, 0.15) is 10.4 Å². The molecule has 0 bridgehead atoms. The van der Waals surface area contributed by atoms with Gasteiger partial charge in [0.25, 0.3) is 5.91 Å². The number of nitrogens with zero attached hydrogens (tertiary/aromatic N) is 1. The van der Waals surface area contributed by atoms with Crippen molar-refractivity contribution in [2.24, 2.45) is 0 Å². The summed E-state index contributed by atoms with van der Waals surface area (Å²) < 4.78 is 26.5. The number of nitrogens with one attached hydrogen (secondary N) is 1. The van der Waals surface area contributed by atoms with Crippen LogP contribution in [-0.4, -0.2) is 16.0 Å². The zero-order valence-corrected chi connectivity index (χ0v) is 9.52. The fourth-order valence-corrected chi connectivity index (χ4v) is 1.45. The Morgan fingerprint density at radius 2 is 2.05 bits per heavy atom. The summed E-state index contributed by atoms with van der Waals surface area (Å²) in [6, 6.07) is 3.21. The minimum Gasteiger partial charge on any atom is -0.505 e. The van der Waals surface area contributed by atoms with Crippen molar-refractivity contribution in [2.75, 3.05) is 11.1 Å². The lowest BCUT2D eigenvalue weighted by Crippen LogP contribution is -2.15. The molecule has 5 nitrogen and oxygen atoms in total. The largest absolute Gasteiger partial charge is 0.505 e. The molecule has 0 saturated carbocycles. The number of hydrogen-bond donors (Lipinski definition) is 3. The molecule has 2 rings (SSSR count). The van der Waals surface area contributed by atoms with E-state index in [1.54, 1.807) is 0 Å². The van der Waals surface area contributed by atoms with Crippen LogP contribution < -0.4 is 11.1 Å². The quantitative estimate of drug-likeness (QED) is 0.723. The van der Waals surface area contributed by atoms with E-state index in [-0.39, 0.29) is 17.0 Å². The third-order valence-electron chi connectivity index (χ3n) is 2.41. The van der Waals surface area contributed by atoms with Crippen LogP contribution in [0.25, 0.3) is 0 Å². The van der Waals surface area contributed by atoms with Crippen LogP contribution in [-0.2, 0) is 0 Å². The molecular formula is C12H9F2N3O2. The number of carbonyl (C=O) groups excluding carboxylic acids is 1. The number of carbonyl (C=O) groups is 1. The Labute approximate surface area is 106 Å². The molecule has 0 fully saturated rings. The third kappa shape index (κ3) is 2.44. The molecule has 1 aromatic heterocycles. The Bertz CT molecular complexity index is 647. The van der Waals surface area contributed by atoms with Crippen molar-refractivity contribution in [1.82, 2.24) is 4.98 Å². The van der Waals surface area contributed by atoms with Crippen LogP contribution in [0, 0.1) is 11.6 Å². The molecule has 0 aliphatic carbocycles. The summed E-state index contributed by atoms with van der Waals surface area (Å²) >= 11 is 0. The fourth-order valence-electron chi connectivity index (χ4n) is 1.45. The molecule has 4 N–H and O–H groups in total. The average Bonchev–Trinajstić information content (AvgIpc) is 2.39. The molecule has 0 aliphatic heterocycles. The number of rotatable bonds is 2. The standard InChI is InChI=1S/C12H9F2N3O2/c13-7-1-2-8(15)11(10(7)14)17-12(19)6-3-4-16-5-9(6)18/h1-5,18H,15H2,(H,17,19). The average molecular weight is 265 g/mol. The second-order valence-electron chi connectivity index (χ2n) is 3.67. The van der Waals surface area contributed by atoms with Crippen LogP contribution in [0.4, 0.5) is 20.2 Å². The SMILES string of the molecule is Nc1ccc(F)c(F)c1NC(=O)c1ccncc1O. The summed E-state index contributed by atoms with van der Waals surface area (Å²) in [5.41, 5.74) is 4.74. The first-order valence-corrected chi connectivity index (χ1v) is 5.18. The Hall–Kier alpha value is -2.70. The summed E-state index contributed by atoms with van der Waals surface area (Å²) in [6.07, 6.45) is 2.33. The predicted molar refractivity (Wildman–Crippen MR) is 64.6 cm³/mol. The highest BCUT2D eigenvalue weighted by atomic mass is 19.2. The van der Waals surface area contributed by atoms with Crippen molar-refractivity contribution in [3.8, 4) is 5.75 Å². The zero-order chi connectivity index (χ0) is 14.0. The van der Waals surface area contributed by atoms with Crippen LogP contribution in [0.2, 0.25) is 0 Å². The van der Waals surface area contributed by atoms with Crippen molar-refractivity contribution in [3.63, 3.8) is 0 Å². The number of pyridine rings is 1. The highest BCUT2D eigenvalue weighted by molar-refractivity contribution is 6.07. The van der Waals surface area contributed by atoms with E-state index in [2.05, 4.69) is 10.3 Å². The van der Waals surface area contributed by atoms with Gasteiger partial charge in [-0.15, -0.1) is 0 Å². The van der Waals surface area contributed by atoms with Crippen molar-refractivity contribution in [1.29, 1.82) is 0 Å². The van der Waals surface area contributed by atoms with Crippen molar-refractivity contribution >= 4 is 17.3 Å². The maximum absolute atomic E-state index is 13.5. The van der Waals surface area contributed by atoms with E-state index in [0.717, 1.165) is 18.3 Å². The molecule has 1 amide bonds. The van der Waals surface area contributed by atoms with Crippen LogP contribution in [0.15, 0.2) is 30.6 Å². The van der Waals surface area contributed by atoms with E-state index in [1.165, 1.54) is 12.3 Å². The molecule has 0 aliphatic rings. The molecule has 0 spiro atoms. The maximum Gasteiger partial charge on any atom is 0.259 e. The second-order valence-corrected chi connectivity index (χ2v) is 3.67. The number of nitrogens with two attached hydrogens (primary N) is 1. The van der Waals surface area contributed by atoms with Gasteiger partial charge in [-0.25, -0.2) is 8.78 Å². The van der Waals surface area contributed by atoms with Gasteiger partial charge in [0.15, 0.2) is 11.6 Å². The van der Waals surface area contributed by atoms with E-state index >= 15 is 0 Å². The second kappa shape index (κ2) is 4.89. The topological polar surface area (TPSA) is 88.2 Å². The van der Waals surface area contributed by atoms with E-state index in [0.29, 0.717) is 0 Å². The Morgan fingerprint density at radius 3 is 2.74 bits per heavy atom. The Morgan fingerprint density at radius 1 is 1.32 bits per heavy atom. The van der Waals surface area contributed by atoms with Gasteiger partial charge in [-0.3, -0.25) is 9.78 Å². The number of nitrogen functional groups attached to an aromatic ring is 1. The molecule has 1 heterocycles. The van der Waals surface area contributed by atoms with Gasteiger partial charge in [0.1, 0.15) is 11.4 Å². The number of aromatic nitrogens is 1. The molecule has 0 atom stereocenters. The molecule has 0 unspecified atom stereocenters. The highest BCUT2D eigenvalue weighted by Crippen LogP contribution is 2.26. The zero-order valence-electron chi connectivity index (χ0n) is 9.52. The molecule has 19 heavy (non-hydrogen) atoms. The summed E-state index contributed by atoms with van der Waals surface area (Å²) in [5, 5.41) is 11.5. The van der Waals surface area contributed by atoms with Crippen molar-refractivity contribution in [2.45, 2.75) is 0 Å². The highest BCUT2D eigenvalue weighted by Gasteiger charge is 2.17. The van der Waals surface area contributed by atoms with Gasteiger partial charge >= 0.3 is 0 Å². The molecule has 2 aromatic rings. The number of benzene rings is 1. The van der Waals surface area contributed by atoms with E-state index in [9.17, 15) is 18.7 Å². The van der Waals surface area contributed by atoms with Gasteiger partial charge in [-0.05, 0) is 18.2 Å². The lowest BCUT2D eigenvalue weighted by Gasteiger charge is -2.10. The first-order chi connectivity index (χ1) is 9.00. The lowest BCUT2D eigenvalue weighted by atomic mass is 10.2. The molecule has 7 heteroatoms. The third-order valence-corrected chi connectivity index (χ3v) is 2.41. The number of anilines is 2. The smallest absolute Gasteiger partial charge is 0.259 e. The molecule has 98 valence electrons. The maximum atomic E-state index is 13.5. The number of amides is 1. The molecule has 0 radical (unpaired) electrons. The Balaban J connectivity index is 2.35. The Kier molecular flexibility index (Phi) is 3.28. The van der Waals surface area contributed by atoms with Crippen molar-refractivity contribution in [3.05, 3.63) is 47.8 Å². The lowest BCUT2D eigenvalue weighted by molar-refractivity contribution is 0.102. The predicted octanol–water partition coefficient (Wildman–Crippen LogP) is 1.90. The fraction of sp³-hybridized carbons (Fsp3) is 0. The molecule has 0 saturated heterocycles. The minimum absolute atomic E-state index is 0.124. The van der Waals surface area contributed by atoms with Gasteiger partial charge in [0.05, 0.1) is 17.4 Å². The minimum atomic E-state index is -1.26. The van der Waals surface area contributed by atoms with Gasteiger partial charge < -0.3 is 16.2 Å². The summed E-state index contributed by atoms with van der Waals surface area (Å²) in [4.78, 5) is 15.4. The normalized spacial score (nSPS) is 10.2. The summed E-state index contributed by atoms with van der Waals surface area (Å²) in [7, 11) is 0. The number of aromatic hydroxyl groups is 1. The van der Waals surface area contributed by atoms with E-state index in [4.69, 9.17) is 5.73 Å². The van der Waals surface area contributed by atoms with Crippen LogP contribution in [0.3, 0.4) is 0 Å². The number of hydrogen-bond acceptors (Lipinski definition) is 4. The van der Waals surface area contributed by atoms with E-state index < -0.39 is 23.2 Å². The van der Waals surface area contributed by atoms with Crippen molar-refractivity contribution < 1.29 is 18.7 Å². The first kappa shape index (κ1) is 12.7. The monoisotopic (exact) mass is 265 g/mol.